The number of rotatable bonds is 6. The fourth-order valence-corrected chi connectivity index (χ4v) is 5.11. The summed E-state index contributed by atoms with van der Waals surface area (Å²) >= 11 is 1.25. The number of pyridine rings is 1. The number of carbonyl (C=O) groups is 1. The van der Waals surface area contributed by atoms with E-state index in [-0.39, 0.29) is 17.3 Å². The first kappa shape index (κ1) is 22.5. The van der Waals surface area contributed by atoms with Gasteiger partial charge in [-0.2, -0.15) is 0 Å². The third kappa shape index (κ3) is 4.33. The molecule has 5 aromatic rings. The van der Waals surface area contributed by atoms with Crippen LogP contribution in [0.15, 0.2) is 84.0 Å². The Morgan fingerprint density at radius 3 is 2.51 bits per heavy atom. The maximum absolute atomic E-state index is 13.5. The Morgan fingerprint density at radius 2 is 1.74 bits per heavy atom. The summed E-state index contributed by atoms with van der Waals surface area (Å²) in [5.74, 6) is -0.388. The van der Waals surface area contributed by atoms with Crippen LogP contribution in [-0.2, 0) is 4.79 Å². The molecule has 2 aromatic heterocycles. The summed E-state index contributed by atoms with van der Waals surface area (Å²) < 4.78 is 1.94. The highest BCUT2D eigenvalue weighted by Gasteiger charge is 2.27. The molecule has 1 unspecified atom stereocenters. The number of fused-ring (bicyclic) bond motifs is 3. The minimum absolute atomic E-state index is 0.149. The fraction of sp³-hybridized carbons (Fsp3) is 0.115. The topological polar surface area (TPSA) is 102 Å². The summed E-state index contributed by atoms with van der Waals surface area (Å²) in [6.45, 7) is 3.79. The SMILES string of the molecule is Cc1ccc(NC(=O)C(Sc2nnc3cc(C)c4ccccc4n23)c2ccccc2)c([N+](=O)[O-])c1. The van der Waals surface area contributed by atoms with Crippen LogP contribution in [0.2, 0.25) is 0 Å². The Kier molecular flexibility index (Phi) is 5.92. The lowest BCUT2D eigenvalue weighted by Crippen LogP contribution is -2.20. The molecular weight excluding hydrogens is 462 g/mol. The first-order valence-corrected chi connectivity index (χ1v) is 11.8. The molecule has 2 heterocycles. The van der Waals surface area contributed by atoms with Crippen molar-refractivity contribution in [2.45, 2.75) is 24.3 Å². The molecule has 0 bridgehead atoms. The standard InChI is InChI=1S/C26H21N5O3S/c1-16-12-13-20(22(14-16)31(33)34)27-25(32)24(18-8-4-3-5-9-18)35-26-29-28-23-15-17(2)19-10-6-7-11-21(19)30(23)26/h3-15,24H,1-2H3,(H,27,32). The number of hydrogen-bond acceptors (Lipinski definition) is 6. The number of hydrogen-bond donors (Lipinski definition) is 1. The molecule has 0 aliphatic rings. The lowest BCUT2D eigenvalue weighted by atomic mass is 10.1. The van der Waals surface area contributed by atoms with E-state index in [1.54, 1.807) is 19.1 Å². The second-order valence-electron chi connectivity index (χ2n) is 8.20. The largest absolute Gasteiger partial charge is 0.319 e. The van der Waals surface area contributed by atoms with E-state index < -0.39 is 10.2 Å². The smallest absolute Gasteiger partial charge is 0.293 e. The van der Waals surface area contributed by atoms with Gasteiger partial charge in [0.05, 0.1) is 10.4 Å². The van der Waals surface area contributed by atoms with Crippen LogP contribution < -0.4 is 5.32 Å². The Balaban J connectivity index is 1.57. The van der Waals surface area contributed by atoms with Gasteiger partial charge < -0.3 is 5.32 Å². The second kappa shape index (κ2) is 9.19. The molecule has 3 aromatic carbocycles. The van der Waals surface area contributed by atoms with Crippen molar-refractivity contribution in [2.75, 3.05) is 5.32 Å². The number of carbonyl (C=O) groups excluding carboxylic acids is 1. The van der Waals surface area contributed by atoms with Crippen molar-refractivity contribution in [3.63, 3.8) is 0 Å². The maximum atomic E-state index is 13.5. The first-order valence-electron chi connectivity index (χ1n) is 10.9. The van der Waals surface area contributed by atoms with Gasteiger partial charge in [-0.3, -0.25) is 19.3 Å². The van der Waals surface area contributed by atoms with Crippen LogP contribution in [0.5, 0.6) is 0 Å². The summed E-state index contributed by atoms with van der Waals surface area (Å²) in [6, 6.07) is 23.9. The number of aromatic nitrogens is 3. The minimum atomic E-state index is -0.718. The van der Waals surface area contributed by atoms with Gasteiger partial charge in [0.1, 0.15) is 10.9 Å². The highest BCUT2D eigenvalue weighted by Crippen LogP contribution is 2.38. The number of para-hydroxylation sites is 1. The number of amides is 1. The summed E-state index contributed by atoms with van der Waals surface area (Å²) in [4.78, 5) is 24.6. The molecule has 1 N–H and O–H groups in total. The van der Waals surface area contributed by atoms with Gasteiger partial charge in [0.25, 0.3) is 5.69 Å². The number of benzene rings is 3. The number of anilines is 1. The lowest BCUT2D eigenvalue weighted by molar-refractivity contribution is -0.384. The Labute approximate surface area is 205 Å². The Morgan fingerprint density at radius 1 is 1.00 bits per heavy atom. The van der Waals surface area contributed by atoms with Crippen LogP contribution in [0, 0.1) is 24.0 Å². The van der Waals surface area contributed by atoms with E-state index in [1.807, 2.05) is 72.0 Å². The number of thioether (sulfide) groups is 1. The number of nitrogens with one attached hydrogen (secondary N) is 1. The monoisotopic (exact) mass is 483 g/mol. The van der Waals surface area contributed by atoms with Crippen molar-refractivity contribution in [1.29, 1.82) is 0 Å². The normalized spacial score (nSPS) is 12.1. The molecule has 0 radical (unpaired) electrons. The van der Waals surface area contributed by atoms with E-state index in [2.05, 4.69) is 15.5 Å². The molecule has 1 amide bonds. The van der Waals surface area contributed by atoms with Gasteiger partial charge in [0.15, 0.2) is 10.8 Å². The second-order valence-corrected chi connectivity index (χ2v) is 9.27. The molecule has 8 nitrogen and oxygen atoms in total. The van der Waals surface area contributed by atoms with Gasteiger partial charge in [-0.05, 0) is 48.7 Å². The van der Waals surface area contributed by atoms with Gasteiger partial charge in [0, 0.05) is 11.5 Å². The van der Waals surface area contributed by atoms with Crippen molar-refractivity contribution in [3.8, 4) is 0 Å². The van der Waals surface area contributed by atoms with E-state index in [9.17, 15) is 14.9 Å². The van der Waals surface area contributed by atoms with E-state index in [1.165, 1.54) is 17.8 Å². The van der Waals surface area contributed by atoms with Crippen LogP contribution in [0.3, 0.4) is 0 Å². The zero-order valence-electron chi connectivity index (χ0n) is 19.0. The van der Waals surface area contributed by atoms with Crippen LogP contribution >= 0.6 is 11.8 Å². The Hall–Kier alpha value is -4.24. The van der Waals surface area contributed by atoms with Crippen LogP contribution in [0.4, 0.5) is 11.4 Å². The third-order valence-electron chi connectivity index (χ3n) is 5.75. The van der Waals surface area contributed by atoms with Crippen molar-refractivity contribution in [1.82, 2.24) is 14.6 Å². The summed E-state index contributed by atoms with van der Waals surface area (Å²) in [5, 5.41) is 24.0. The average molecular weight is 484 g/mol. The van der Waals surface area contributed by atoms with Gasteiger partial charge >= 0.3 is 0 Å². The molecule has 9 heteroatoms. The molecule has 0 aliphatic carbocycles. The molecule has 0 fully saturated rings. The van der Waals surface area contributed by atoms with E-state index >= 15 is 0 Å². The number of nitro groups is 1. The average Bonchev–Trinajstić information content (AvgIpc) is 3.26. The van der Waals surface area contributed by atoms with E-state index in [0.717, 1.165) is 27.6 Å². The highest BCUT2D eigenvalue weighted by atomic mass is 32.2. The van der Waals surface area contributed by atoms with Crippen LogP contribution in [0.1, 0.15) is 21.9 Å². The molecule has 1 atom stereocenters. The zero-order chi connectivity index (χ0) is 24.5. The molecule has 174 valence electrons. The maximum Gasteiger partial charge on any atom is 0.293 e. The Bertz CT molecular complexity index is 1580. The molecule has 0 saturated heterocycles. The molecule has 0 saturated carbocycles. The molecular formula is C26H21N5O3S. The summed E-state index contributed by atoms with van der Waals surface area (Å²) in [7, 11) is 0. The van der Waals surface area contributed by atoms with Crippen LogP contribution in [-0.4, -0.2) is 25.4 Å². The lowest BCUT2D eigenvalue weighted by Gasteiger charge is -2.17. The summed E-state index contributed by atoms with van der Waals surface area (Å²) in [5.41, 5.74) is 4.20. The number of nitrogens with zero attached hydrogens (tertiary/aromatic N) is 4. The molecule has 0 aliphatic heterocycles. The third-order valence-corrected chi connectivity index (χ3v) is 6.94. The van der Waals surface area contributed by atoms with Crippen molar-refractivity contribution in [2.24, 2.45) is 0 Å². The van der Waals surface area contributed by atoms with Crippen molar-refractivity contribution >= 4 is 45.6 Å². The quantitative estimate of drug-likeness (QED) is 0.184. The summed E-state index contributed by atoms with van der Waals surface area (Å²) in [6.07, 6.45) is 0. The molecule has 35 heavy (non-hydrogen) atoms. The zero-order valence-corrected chi connectivity index (χ0v) is 19.8. The van der Waals surface area contributed by atoms with Crippen molar-refractivity contribution < 1.29 is 9.72 Å². The first-order chi connectivity index (χ1) is 16.9. The predicted octanol–water partition coefficient (Wildman–Crippen LogP) is 5.88. The fourth-order valence-electron chi connectivity index (χ4n) is 4.05. The van der Waals surface area contributed by atoms with E-state index in [4.69, 9.17) is 0 Å². The minimum Gasteiger partial charge on any atom is -0.319 e. The molecule has 0 spiro atoms. The van der Waals surface area contributed by atoms with Gasteiger partial charge in [-0.1, -0.05) is 66.4 Å². The number of nitro benzene ring substituents is 1. The van der Waals surface area contributed by atoms with Gasteiger partial charge in [-0.15, -0.1) is 10.2 Å². The molecule has 5 rings (SSSR count). The number of aryl methyl sites for hydroxylation is 2. The van der Waals surface area contributed by atoms with E-state index in [0.29, 0.717) is 10.8 Å². The predicted molar refractivity (Wildman–Crippen MR) is 137 cm³/mol. The van der Waals surface area contributed by atoms with Crippen molar-refractivity contribution in [3.05, 3.63) is 106 Å². The van der Waals surface area contributed by atoms with Gasteiger partial charge in [-0.25, -0.2) is 0 Å². The highest BCUT2D eigenvalue weighted by molar-refractivity contribution is 8.00. The van der Waals surface area contributed by atoms with Crippen LogP contribution in [0.25, 0.3) is 16.6 Å². The van der Waals surface area contributed by atoms with Gasteiger partial charge in [0.2, 0.25) is 5.91 Å².